The zero-order valence-corrected chi connectivity index (χ0v) is 19.3. The number of aryl methyl sites for hydroxylation is 1. The maximum atomic E-state index is 12.5. The molecular formula is C21H23F6N5O5. The minimum atomic E-state index is -5.08. The number of imidazole rings is 1. The van der Waals surface area contributed by atoms with Gasteiger partial charge in [-0.3, -0.25) is 14.7 Å². The van der Waals surface area contributed by atoms with E-state index >= 15 is 0 Å². The summed E-state index contributed by atoms with van der Waals surface area (Å²) in [6.45, 7) is 2.52. The van der Waals surface area contributed by atoms with Gasteiger partial charge in [0.05, 0.1) is 6.54 Å². The number of carbonyl (C=O) groups excluding carboxylic acids is 1. The van der Waals surface area contributed by atoms with Crippen LogP contribution in [0.3, 0.4) is 0 Å². The quantitative estimate of drug-likeness (QED) is 0.568. The highest BCUT2D eigenvalue weighted by Gasteiger charge is 2.46. The first kappa shape index (κ1) is 29.5. The molecule has 0 saturated carbocycles. The predicted molar refractivity (Wildman–Crippen MR) is 113 cm³/mol. The van der Waals surface area contributed by atoms with Gasteiger partial charge >= 0.3 is 24.3 Å². The first-order valence-corrected chi connectivity index (χ1v) is 10.6. The van der Waals surface area contributed by atoms with Crippen LogP contribution in [-0.4, -0.2) is 83.4 Å². The molecule has 2 unspecified atom stereocenters. The van der Waals surface area contributed by atoms with Gasteiger partial charge in [0.1, 0.15) is 5.82 Å². The van der Waals surface area contributed by atoms with Crippen molar-refractivity contribution in [2.45, 2.75) is 50.4 Å². The number of alkyl halides is 6. The summed E-state index contributed by atoms with van der Waals surface area (Å²) in [5.74, 6) is -4.20. The monoisotopic (exact) mass is 539 g/mol. The summed E-state index contributed by atoms with van der Waals surface area (Å²) in [5.41, 5.74) is 1.10. The predicted octanol–water partition coefficient (Wildman–Crippen LogP) is 2.46. The van der Waals surface area contributed by atoms with Crippen LogP contribution in [0.15, 0.2) is 36.9 Å². The van der Waals surface area contributed by atoms with Crippen molar-refractivity contribution in [2.75, 3.05) is 6.54 Å². The zero-order chi connectivity index (χ0) is 28.0. The molecule has 0 bridgehead atoms. The molecule has 2 saturated heterocycles. The number of pyridine rings is 1. The van der Waals surface area contributed by atoms with Crippen molar-refractivity contribution >= 4 is 17.8 Å². The lowest BCUT2D eigenvalue weighted by Crippen LogP contribution is -2.37. The lowest BCUT2D eigenvalue weighted by molar-refractivity contribution is -0.193. The number of likely N-dealkylation sites (tertiary alicyclic amines) is 2. The van der Waals surface area contributed by atoms with E-state index in [0.717, 1.165) is 30.9 Å². The van der Waals surface area contributed by atoms with E-state index in [1.54, 1.807) is 6.20 Å². The molecule has 0 radical (unpaired) electrons. The van der Waals surface area contributed by atoms with E-state index in [-0.39, 0.29) is 5.91 Å². The second-order valence-corrected chi connectivity index (χ2v) is 8.04. The van der Waals surface area contributed by atoms with Crippen molar-refractivity contribution in [3.8, 4) is 0 Å². The Labute approximate surface area is 206 Å². The fourth-order valence-electron chi connectivity index (χ4n) is 3.83. The molecule has 37 heavy (non-hydrogen) atoms. The molecule has 2 aromatic heterocycles. The number of amides is 1. The van der Waals surface area contributed by atoms with E-state index in [2.05, 4.69) is 19.4 Å². The summed E-state index contributed by atoms with van der Waals surface area (Å²) in [4.78, 5) is 43.3. The first-order chi connectivity index (χ1) is 17.1. The van der Waals surface area contributed by atoms with Gasteiger partial charge in [-0.05, 0) is 18.1 Å². The summed E-state index contributed by atoms with van der Waals surface area (Å²) in [6, 6.07) is 4.60. The zero-order valence-electron chi connectivity index (χ0n) is 19.3. The van der Waals surface area contributed by atoms with Crippen molar-refractivity contribution < 1.29 is 50.9 Å². The van der Waals surface area contributed by atoms with Gasteiger partial charge < -0.3 is 19.7 Å². The molecule has 2 N–H and O–H groups in total. The third kappa shape index (κ3) is 8.44. The number of aromatic nitrogens is 3. The Balaban J connectivity index is 0.000000286. The standard InChI is InChI=1S/C17H21N5O.2C2HF3O2/c1-20-8-6-19-16(20)12-21-7-4-14-15(21)9-17(23)22(14)11-13-3-2-5-18-10-13;2*3-2(4,5)1(6)7/h2-3,5-6,8,10,14-15H,4,7,9,11-12H2,1H3;2*(H,6,7). The highest BCUT2D eigenvalue weighted by molar-refractivity contribution is 5.80. The summed E-state index contributed by atoms with van der Waals surface area (Å²) in [5, 5.41) is 14.2. The molecule has 2 aliphatic heterocycles. The van der Waals surface area contributed by atoms with Crippen molar-refractivity contribution in [1.82, 2.24) is 24.3 Å². The van der Waals surface area contributed by atoms with Crippen LogP contribution in [0.1, 0.15) is 24.2 Å². The molecule has 1 amide bonds. The number of hydrogen-bond donors (Lipinski definition) is 2. The largest absolute Gasteiger partial charge is 0.490 e. The van der Waals surface area contributed by atoms with Gasteiger partial charge in [-0.25, -0.2) is 14.6 Å². The molecular weight excluding hydrogens is 516 g/mol. The fourth-order valence-corrected chi connectivity index (χ4v) is 3.83. The average Bonchev–Trinajstić information content (AvgIpc) is 3.46. The maximum Gasteiger partial charge on any atom is 0.490 e. The molecule has 0 aliphatic carbocycles. The second-order valence-electron chi connectivity index (χ2n) is 8.04. The first-order valence-electron chi connectivity index (χ1n) is 10.6. The minimum absolute atomic E-state index is 0.258. The number of hydrogen-bond acceptors (Lipinski definition) is 6. The minimum Gasteiger partial charge on any atom is -0.475 e. The highest BCUT2D eigenvalue weighted by atomic mass is 19.4. The van der Waals surface area contributed by atoms with Gasteiger partial charge in [0.15, 0.2) is 0 Å². The number of rotatable bonds is 4. The molecule has 2 fully saturated rings. The molecule has 10 nitrogen and oxygen atoms in total. The van der Waals surface area contributed by atoms with Gasteiger partial charge in [-0.2, -0.15) is 26.3 Å². The van der Waals surface area contributed by atoms with E-state index in [4.69, 9.17) is 19.8 Å². The molecule has 4 heterocycles. The number of carbonyl (C=O) groups is 3. The van der Waals surface area contributed by atoms with Gasteiger partial charge in [0.2, 0.25) is 5.91 Å². The third-order valence-corrected chi connectivity index (χ3v) is 5.56. The topological polar surface area (TPSA) is 129 Å². The summed E-state index contributed by atoms with van der Waals surface area (Å²) in [7, 11) is 2.02. The number of nitrogens with zero attached hydrogens (tertiary/aromatic N) is 5. The molecule has 2 aliphatic rings. The summed E-state index contributed by atoms with van der Waals surface area (Å²) < 4.78 is 65.5. The van der Waals surface area contributed by atoms with Crippen molar-refractivity contribution in [2.24, 2.45) is 7.05 Å². The normalized spacial score (nSPS) is 19.4. The van der Waals surface area contributed by atoms with Crippen molar-refractivity contribution in [3.63, 3.8) is 0 Å². The van der Waals surface area contributed by atoms with Gasteiger partial charge in [0.25, 0.3) is 0 Å². The lowest BCUT2D eigenvalue weighted by Gasteiger charge is -2.25. The summed E-state index contributed by atoms with van der Waals surface area (Å²) >= 11 is 0. The lowest BCUT2D eigenvalue weighted by atomic mass is 10.1. The van der Waals surface area contributed by atoms with Crippen LogP contribution in [0, 0.1) is 0 Å². The number of aliphatic carboxylic acids is 2. The Hall–Kier alpha value is -3.69. The number of carboxylic acid groups (broad SMARTS) is 2. The van der Waals surface area contributed by atoms with E-state index in [1.165, 1.54) is 0 Å². The third-order valence-electron chi connectivity index (χ3n) is 5.56. The SMILES string of the molecule is Cn1ccnc1CN1CCC2C1CC(=O)N2Cc1cccnc1.O=C(O)C(F)(F)F.O=C(O)C(F)(F)F. The number of carboxylic acids is 2. The van der Waals surface area contributed by atoms with Gasteiger partial charge in [0, 0.05) is 63.4 Å². The van der Waals surface area contributed by atoms with E-state index in [0.29, 0.717) is 25.0 Å². The summed E-state index contributed by atoms with van der Waals surface area (Å²) in [6.07, 6.45) is -1.09. The van der Waals surface area contributed by atoms with Crippen molar-refractivity contribution in [1.29, 1.82) is 0 Å². The van der Waals surface area contributed by atoms with Crippen molar-refractivity contribution in [3.05, 3.63) is 48.3 Å². The van der Waals surface area contributed by atoms with Gasteiger partial charge in [-0.1, -0.05) is 6.07 Å². The average molecular weight is 539 g/mol. The van der Waals surface area contributed by atoms with Crippen LogP contribution in [0.4, 0.5) is 26.3 Å². The Bertz CT molecular complexity index is 1050. The van der Waals surface area contributed by atoms with Gasteiger partial charge in [-0.15, -0.1) is 0 Å². The Kier molecular flexibility index (Phi) is 9.61. The molecule has 0 spiro atoms. The second kappa shape index (κ2) is 12.0. The molecule has 2 aromatic rings. The smallest absolute Gasteiger partial charge is 0.475 e. The molecule has 16 heteroatoms. The fraction of sp³-hybridized carbons (Fsp3) is 0.476. The molecule has 4 rings (SSSR count). The Morgan fingerprint density at radius 2 is 1.62 bits per heavy atom. The number of halogens is 6. The van der Waals surface area contributed by atoms with Crippen LogP contribution in [-0.2, 0) is 34.5 Å². The molecule has 2 atom stereocenters. The van der Waals surface area contributed by atoms with Crippen LogP contribution < -0.4 is 0 Å². The molecule has 204 valence electrons. The van der Waals surface area contributed by atoms with E-state index in [9.17, 15) is 31.1 Å². The maximum absolute atomic E-state index is 12.5. The van der Waals surface area contributed by atoms with Crippen LogP contribution in [0.5, 0.6) is 0 Å². The Morgan fingerprint density at radius 3 is 2.08 bits per heavy atom. The highest BCUT2D eigenvalue weighted by Crippen LogP contribution is 2.34. The number of fused-ring (bicyclic) bond motifs is 1. The Morgan fingerprint density at radius 1 is 1.03 bits per heavy atom. The van der Waals surface area contributed by atoms with Crippen LogP contribution in [0.2, 0.25) is 0 Å². The molecule has 0 aromatic carbocycles. The van der Waals surface area contributed by atoms with E-state index < -0.39 is 24.3 Å². The van der Waals surface area contributed by atoms with E-state index in [1.807, 2.05) is 42.7 Å². The van der Waals surface area contributed by atoms with Crippen LogP contribution in [0.25, 0.3) is 0 Å². The van der Waals surface area contributed by atoms with Crippen LogP contribution >= 0.6 is 0 Å².